The van der Waals surface area contributed by atoms with E-state index in [0.717, 1.165) is 57.8 Å². The lowest BCUT2D eigenvalue weighted by Crippen LogP contribution is -2.05. The highest BCUT2D eigenvalue weighted by molar-refractivity contribution is 5.69. The van der Waals surface area contributed by atoms with Crippen LogP contribution in [0.15, 0.2) is 0 Å². The maximum absolute atomic E-state index is 11.4. The Morgan fingerprint density at radius 1 is 0.950 bits per heavy atom. The fraction of sp³-hybridized carbons (Fsp3) is 0.933. The molecule has 5 nitrogen and oxygen atoms in total. The van der Waals surface area contributed by atoms with E-state index in [9.17, 15) is 14.9 Å². The first kappa shape index (κ1) is 18.9. The zero-order chi connectivity index (χ0) is 15.1. The minimum absolute atomic E-state index is 0.0768. The van der Waals surface area contributed by atoms with Crippen LogP contribution < -0.4 is 0 Å². The van der Waals surface area contributed by atoms with Crippen LogP contribution in [0.5, 0.6) is 0 Å². The summed E-state index contributed by atoms with van der Waals surface area (Å²) in [6, 6.07) is 0. The van der Waals surface area contributed by atoms with Gasteiger partial charge in [0.1, 0.15) is 0 Å². The Balaban J connectivity index is 3.15. The van der Waals surface area contributed by atoms with Crippen molar-refractivity contribution >= 4 is 5.97 Å². The number of nitro groups is 1. The molecule has 0 heterocycles. The molecule has 0 saturated carbocycles. The van der Waals surface area contributed by atoms with Crippen LogP contribution in [0, 0.1) is 10.1 Å². The van der Waals surface area contributed by atoms with Crippen LogP contribution in [0.1, 0.15) is 77.6 Å². The normalized spacial score (nSPS) is 10.4. The SMILES string of the molecule is CCCCCOC(=O)CCCCCCCCC[N+](=O)[O-]. The first-order valence-electron chi connectivity index (χ1n) is 7.94. The van der Waals surface area contributed by atoms with Crippen LogP contribution in [0.3, 0.4) is 0 Å². The van der Waals surface area contributed by atoms with Gasteiger partial charge < -0.3 is 4.74 Å². The third-order valence-corrected chi connectivity index (χ3v) is 3.23. The minimum atomic E-state index is -0.258. The van der Waals surface area contributed by atoms with Gasteiger partial charge in [-0.3, -0.25) is 14.9 Å². The fourth-order valence-corrected chi connectivity index (χ4v) is 2.00. The lowest BCUT2D eigenvalue weighted by atomic mass is 10.1. The molecule has 0 aromatic carbocycles. The number of rotatable bonds is 14. The Morgan fingerprint density at radius 2 is 1.55 bits per heavy atom. The van der Waals surface area contributed by atoms with Gasteiger partial charge in [-0.1, -0.05) is 45.4 Å². The van der Waals surface area contributed by atoms with Gasteiger partial charge in [0.05, 0.1) is 6.61 Å². The highest BCUT2D eigenvalue weighted by Crippen LogP contribution is 2.09. The van der Waals surface area contributed by atoms with Gasteiger partial charge in [-0.05, 0) is 19.3 Å². The van der Waals surface area contributed by atoms with E-state index in [0.29, 0.717) is 19.4 Å². The molecule has 0 spiro atoms. The minimum Gasteiger partial charge on any atom is -0.466 e. The number of nitrogens with zero attached hydrogens (tertiary/aromatic N) is 1. The van der Waals surface area contributed by atoms with Crippen LogP contribution in [0.2, 0.25) is 0 Å². The van der Waals surface area contributed by atoms with E-state index in [-0.39, 0.29) is 17.4 Å². The van der Waals surface area contributed by atoms with Crippen LogP contribution in [0.25, 0.3) is 0 Å². The number of carbonyl (C=O) groups is 1. The molecule has 0 unspecified atom stereocenters. The molecule has 0 atom stereocenters. The van der Waals surface area contributed by atoms with Crippen molar-refractivity contribution in [3.05, 3.63) is 10.1 Å². The van der Waals surface area contributed by atoms with Crippen molar-refractivity contribution in [1.29, 1.82) is 0 Å². The predicted molar refractivity (Wildman–Crippen MR) is 79.3 cm³/mol. The largest absolute Gasteiger partial charge is 0.466 e. The lowest BCUT2D eigenvalue weighted by molar-refractivity contribution is -0.480. The van der Waals surface area contributed by atoms with Gasteiger partial charge in [-0.2, -0.15) is 0 Å². The smallest absolute Gasteiger partial charge is 0.305 e. The Labute approximate surface area is 122 Å². The number of esters is 1. The molecular weight excluding hydrogens is 258 g/mol. The van der Waals surface area contributed by atoms with Crippen molar-refractivity contribution in [3.8, 4) is 0 Å². The topological polar surface area (TPSA) is 69.4 Å². The van der Waals surface area contributed by atoms with Crippen molar-refractivity contribution in [1.82, 2.24) is 0 Å². The Bertz CT molecular complexity index is 256. The van der Waals surface area contributed by atoms with Gasteiger partial charge >= 0.3 is 5.97 Å². The Hall–Kier alpha value is -1.13. The monoisotopic (exact) mass is 287 g/mol. The summed E-state index contributed by atoms with van der Waals surface area (Å²) in [5.41, 5.74) is 0. The number of unbranched alkanes of at least 4 members (excludes halogenated alkanes) is 8. The third kappa shape index (κ3) is 14.9. The lowest BCUT2D eigenvalue weighted by Gasteiger charge is -2.04. The molecule has 0 N–H and O–H groups in total. The van der Waals surface area contributed by atoms with Crippen LogP contribution in [0.4, 0.5) is 0 Å². The van der Waals surface area contributed by atoms with E-state index >= 15 is 0 Å². The maximum Gasteiger partial charge on any atom is 0.305 e. The molecule has 5 heteroatoms. The fourth-order valence-electron chi connectivity index (χ4n) is 2.00. The van der Waals surface area contributed by atoms with E-state index in [1.165, 1.54) is 0 Å². The second-order valence-corrected chi connectivity index (χ2v) is 5.21. The average molecular weight is 287 g/mol. The molecule has 118 valence electrons. The van der Waals surface area contributed by atoms with E-state index < -0.39 is 0 Å². The van der Waals surface area contributed by atoms with Gasteiger partial charge in [-0.15, -0.1) is 0 Å². The van der Waals surface area contributed by atoms with Gasteiger partial charge in [-0.25, -0.2) is 0 Å². The molecular formula is C15H29NO4. The first-order valence-corrected chi connectivity index (χ1v) is 7.94. The summed E-state index contributed by atoms with van der Waals surface area (Å²) in [4.78, 5) is 21.2. The molecule has 0 amide bonds. The quantitative estimate of drug-likeness (QED) is 0.208. The maximum atomic E-state index is 11.4. The van der Waals surface area contributed by atoms with Gasteiger partial charge in [0.25, 0.3) is 0 Å². The van der Waals surface area contributed by atoms with Crippen molar-refractivity contribution in [2.24, 2.45) is 0 Å². The van der Waals surface area contributed by atoms with Crippen molar-refractivity contribution in [2.75, 3.05) is 13.2 Å². The van der Waals surface area contributed by atoms with E-state index in [2.05, 4.69) is 6.92 Å². The summed E-state index contributed by atoms with van der Waals surface area (Å²) in [6.07, 6.45) is 10.5. The van der Waals surface area contributed by atoms with Crippen molar-refractivity contribution in [2.45, 2.75) is 77.6 Å². The number of ether oxygens (including phenoxy) is 1. The molecule has 20 heavy (non-hydrogen) atoms. The molecule has 0 radical (unpaired) electrons. The summed E-state index contributed by atoms with van der Waals surface area (Å²) < 4.78 is 5.12. The van der Waals surface area contributed by atoms with Crippen LogP contribution in [-0.2, 0) is 9.53 Å². The Morgan fingerprint density at radius 3 is 2.15 bits per heavy atom. The number of hydrogen-bond acceptors (Lipinski definition) is 4. The second-order valence-electron chi connectivity index (χ2n) is 5.21. The standard InChI is InChI=1S/C15H29NO4/c1-2-3-11-14-20-15(17)12-9-7-5-4-6-8-10-13-16(18)19/h2-14H2,1H3. The average Bonchev–Trinajstić information content (AvgIpc) is 2.41. The van der Waals surface area contributed by atoms with E-state index in [1.807, 2.05) is 0 Å². The van der Waals surface area contributed by atoms with Crippen LogP contribution >= 0.6 is 0 Å². The van der Waals surface area contributed by atoms with Crippen molar-refractivity contribution in [3.63, 3.8) is 0 Å². The van der Waals surface area contributed by atoms with Gasteiger partial charge in [0, 0.05) is 17.8 Å². The van der Waals surface area contributed by atoms with E-state index in [1.54, 1.807) is 0 Å². The zero-order valence-corrected chi connectivity index (χ0v) is 12.8. The van der Waals surface area contributed by atoms with Gasteiger partial charge in [0.15, 0.2) is 0 Å². The molecule has 0 aliphatic carbocycles. The molecule has 0 aliphatic rings. The predicted octanol–water partition coefficient (Wildman–Crippen LogP) is 4.12. The molecule has 0 aromatic heterocycles. The summed E-state index contributed by atoms with van der Waals surface area (Å²) in [5, 5.41) is 10.1. The van der Waals surface area contributed by atoms with E-state index in [4.69, 9.17) is 4.74 Å². The highest BCUT2D eigenvalue weighted by Gasteiger charge is 2.02. The van der Waals surface area contributed by atoms with Crippen LogP contribution in [-0.4, -0.2) is 24.0 Å². The third-order valence-electron chi connectivity index (χ3n) is 3.23. The number of hydrogen-bond donors (Lipinski definition) is 0. The molecule has 0 rings (SSSR count). The molecule has 0 aliphatic heterocycles. The van der Waals surface area contributed by atoms with Gasteiger partial charge in [0.2, 0.25) is 6.54 Å². The summed E-state index contributed by atoms with van der Waals surface area (Å²) >= 11 is 0. The Kier molecular flexibility index (Phi) is 13.5. The highest BCUT2D eigenvalue weighted by atomic mass is 16.6. The second kappa shape index (κ2) is 14.3. The summed E-state index contributed by atoms with van der Waals surface area (Å²) in [7, 11) is 0. The first-order chi connectivity index (χ1) is 9.66. The summed E-state index contributed by atoms with van der Waals surface area (Å²) in [6.45, 7) is 2.77. The zero-order valence-electron chi connectivity index (χ0n) is 12.8. The van der Waals surface area contributed by atoms with Crippen molar-refractivity contribution < 1.29 is 14.5 Å². The molecule has 0 bridgehead atoms. The summed E-state index contributed by atoms with van der Waals surface area (Å²) in [5.74, 6) is -0.0768. The molecule has 0 aromatic rings. The number of carbonyl (C=O) groups excluding carboxylic acids is 1. The molecule has 0 fully saturated rings. The molecule has 0 saturated heterocycles.